The van der Waals surface area contributed by atoms with Gasteiger partial charge in [0.25, 0.3) is 5.91 Å². The molecule has 5 aromatic heterocycles. The highest BCUT2D eigenvalue weighted by Crippen LogP contribution is 2.31. The van der Waals surface area contributed by atoms with Crippen LogP contribution in [-0.4, -0.2) is 125 Å². The summed E-state index contributed by atoms with van der Waals surface area (Å²) >= 11 is 3.96. The van der Waals surface area contributed by atoms with Gasteiger partial charge in [0.05, 0.1) is 30.7 Å². The lowest BCUT2D eigenvalue weighted by Gasteiger charge is -2.31. The van der Waals surface area contributed by atoms with Crippen molar-refractivity contribution in [2.45, 2.75) is 64.3 Å². The largest absolute Gasteiger partial charge is 0.444 e. The first-order valence-corrected chi connectivity index (χ1v) is 28.2. The number of rotatable bonds is 20. The third kappa shape index (κ3) is 14.5. The van der Waals surface area contributed by atoms with Crippen molar-refractivity contribution in [1.29, 1.82) is 0 Å². The number of piperidine rings is 1. The number of likely N-dealkylation sites (tertiary alicyclic amines) is 1. The quantitative estimate of drug-likeness (QED) is 0.0158. The topological polar surface area (TPSA) is 257 Å². The summed E-state index contributed by atoms with van der Waals surface area (Å²) in [5.41, 5.74) is 4.91. The second-order valence-corrected chi connectivity index (χ2v) is 21.9. The molecule has 78 heavy (non-hydrogen) atoms. The monoisotopic (exact) mass is 1110 g/mol. The van der Waals surface area contributed by atoms with Gasteiger partial charge in [0, 0.05) is 59.9 Å². The van der Waals surface area contributed by atoms with Crippen LogP contribution in [0.3, 0.4) is 0 Å². The Kier molecular flexibility index (Phi) is 18.1. The van der Waals surface area contributed by atoms with Crippen molar-refractivity contribution in [3.63, 3.8) is 0 Å². The number of azo groups is 1. The summed E-state index contributed by atoms with van der Waals surface area (Å²) in [6, 6.07) is 26.9. The number of carbonyl (C=O) groups excluding carboxylic acids is 3. The number of aromatic nitrogens is 9. The fourth-order valence-corrected chi connectivity index (χ4v) is 10.3. The molecular formula is C54H58N16O5S3. The minimum atomic E-state index is -0.586. The third-order valence-corrected chi connectivity index (χ3v) is 14.8. The van der Waals surface area contributed by atoms with Crippen molar-refractivity contribution in [1.82, 2.24) is 65.6 Å². The van der Waals surface area contributed by atoms with E-state index in [2.05, 4.69) is 80.5 Å². The first-order valence-electron chi connectivity index (χ1n) is 25.5. The van der Waals surface area contributed by atoms with Crippen LogP contribution in [0.2, 0.25) is 0 Å². The van der Waals surface area contributed by atoms with Crippen molar-refractivity contribution < 1.29 is 19.1 Å². The lowest BCUT2D eigenvalue weighted by Crippen LogP contribution is -2.43. The molecule has 0 spiro atoms. The summed E-state index contributed by atoms with van der Waals surface area (Å²) in [5, 5.41) is 35.7. The molecule has 0 radical (unpaired) electrons. The maximum atomic E-state index is 13.8. The number of hydrogen-bond donors (Lipinski definition) is 5. The van der Waals surface area contributed by atoms with Crippen LogP contribution in [0.4, 0.5) is 21.4 Å². The molecule has 0 unspecified atom stereocenters. The number of benzene rings is 3. The standard InChI is InChI=1S/C54H58N16O5S3/c1-5-31-76-51-61-45(55-25-26-58-53(74)75-54(2,3)4)44-46(62-51)69(67-64-44)33-36-20-18-35(19-21-36)13-12-24-56-47(71)39-22-28-68(29-23-39)30-27-57-48(72)41-32-59-50(78-41)65-63-43-42(38-16-10-7-11-17-38)66-70(49(43)73)52-60-40(34-77-52)37-14-8-6-9-15-37/h6-11,14-21,32,34,39,66H,5,22-31,33H2,1-4H3,(H,56,71)(H,57,72)(H,58,74)(H,55,61,62). The molecule has 0 bridgehead atoms. The Balaban J connectivity index is 0.704. The van der Waals surface area contributed by atoms with Crippen LogP contribution in [0.25, 0.3) is 38.8 Å². The second-order valence-electron chi connectivity index (χ2n) is 19.0. The van der Waals surface area contributed by atoms with E-state index in [-0.39, 0.29) is 35.1 Å². The number of hydrogen-bond acceptors (Lipinski definition) is 18. The minimum Gasteiger partial charge on any atom is -0.444 e. The molecule has 3 aromatic carbocycles. The van der Waals surface area contributed by atoms with Gasteiger partial charge in [-0.25, -0.2) is 29.4 Å². The number of nitrogens with one attached hydrogen (secondary N) is 5. The first kappa shape index (κ1) is 54.7. The van der Waals surface area contributed by atoms with Gasteiger partial charge in [-0.2, -0.15) is 4.68 Å². The Hall–Kier alpha value is -8.11. The van der Waals surface area contributed by atoms with E-state index in [9.17, 15) is 19.2 Å². The highest BCUT2D eigenvalue weighted by Gasteiger charge is 2.25. The number of aromatic amines is 1. The Morgan fingerprint density at radius 3 is 2.40 bits per heavy atom. The predicted molar refractivity (Wildman–Crippen MR) is 303 cm³/mol. The zero-order valence-corrected chi connectivity index (χ0v) is 45.9. The van der Waals surface area contributed by atoms with Crippen molar-refractivity contribution in [3.8, 4) is 39.5 Å². The number of ether oxygens (including phenoxy) is 1. The van der Waals surface area contributed by atoms with E-state index in [0.29, 0.717) is 83.4 Å². The number of amides is 3. The van der Waals surface area contributed by atoms with E-state index >= 15 is 0 Å². The number of thioether (sulfide) groups is 1. The van der Waals surface area contributed by atoms with E-state index in [1.54, 1.807) is 16.4 Å². The lowest BCUT2D eigenvalue weighted by atomic mass is 9.96. The fraction of sp³-hybridized carbons (Fsp3) is 0.333. The van der Waals surface area contributed by atoms with E-state index in [1.807, 2.05) is 111 Å². The van der Waals surface area contributed by atoms with Crippen LogP contribution < -0.4 is 26.8 Å². The van der Waals surface area contributed by atoms with Crippen LogP contribution in [0.1, 0.15) is 67.8 Å². The van der Waals surface area contributed by atoms with Crippen molar-refractivity contribution in [3.05, 3.63) is 123 Å². The van der Waals surface area contributed by atoms with E-state index in [1.165, 1.54) is 22.2 Å². The molecule has 21 nitrogen and oxygen atoms in total. The Labute approximate surface area is 462 Å². The fourth-order valence-electron chi connectivity index (χ4n) is 8.18. The van der Waals surface area contributed by atoms with Gasteiger partial charge in [-0.1, -0.05) is 120 Å². The van der Waals surface area contributed by atoms with Gasteiger partial charge in [-0.3, -0.25) is 19.5 Å². The van der Waals surface area contributed by atoms with Crippen LogP contribution >= 0.6 is 34.4 Å². The van der Waals surface area contributed by atoms with Crippen molar-refractivity contribution >= 4 is 80.1 Å². The average molecular weight is 1110 g/mol. The zero-order chi connectivity index (χ0) is 54.4. The van der Waals surface area contributed by atoms with Gasteiger partial charge in [0.1, 0.15) is 10.5 Å². The normalized spacial score (nSPS) is 13.1. The van der Waals surface area contributed by atoms with Crippen LogP contribution in [-0.2, 0) is 16.1 Å². The van der Waals surface area contributed by atoms with Crippen LogP contribution in [0.5, 0.6) is 0 Å². The molecule has 1 fully saturated rings. The Morgan fingerprint density at radius 2 is 1.65 bits per heavy atom. The number of thiazole rings is 2. The molecule has 24 heteroatoms. The van der Waals surface area contributed by atoms with Gasteiger partial charge in [0.15, 0.2) is 27.8 Å². The maximum absolute atomic E-state index is 13.8. The molecule has 8 aromatic rings. The summed E-state index contributed by atoms with van der Waals surface area (Å²) in [5.74, 6) is 7.20. The molecule has 6 heterocycles. The number of nitrogens with zero attached hydrogens (tertiary/aromatic N) is 11. The van der Waals surface area contributed by atoms with Crippen molar-refractivity contribution in [2.75, 3.05) is 56.9 Å². The minimum absolute atomic E-state index is 0.0166. The molecule has 0 atom stereocenters. The van der Waals surface area contributed by atoms with Gasteiger partial charge in [-0.05, 0) is 70.8 Å². The molecule has 3 amide bonds. The molecule has 0 aliphatic carbocycles. The average Bonchev–Trinajstić information content (AvgIpc) is 4.40. The number of H-pyrrole nitrogens is 1. The molecule has 1 aliphatic heterocycles. The second kappa shape index (κ2) is 25.8. The Bertz CT molecular complexity index is 3490. The number of carbonyl (C=O) groups is 3. The smallest absolute Gasteiger partial charge is 0.407 e. The first-order chi connectivity index (χ1) is 37.9. The van der Waals surface area contributed by atoms with Gasteiger partial charge in [0.2, 0.25) is 16.2 Å². The molecule has 402 valence electrons. The number of fused-ring (bicyclic) bond motifs is 1. The lowest BCUT2D eigenvalue weighted by molar-refractivity contribution is -0.126. The summed E-state index contributed by atoms with van der Waals surface area (Å²) in [6.07, 6.45) is 3.32. The van der Waals surface area contributed by atoms with Crippen molar-refractivity contribution in [2.24, 2.45) is 16.1 Å². The van der Waals surface area contributed by atoms with Gasteiger partial charge >= 0.3 is 11.7 Å². The molecule has 0 saturated carbocycles. The molecule has 5 N–H and O–H groups in total. The highest BCUT2D eigenvalue weighted by molar-refractivity contribution is 7.99. The van der Waals surface area contributed by atoms with Gasteiger partial charge < -0.3 is 30.9 Å². The number of alkyl carbamates (subject to hydrolysis) is 1. The SMILES string of the molecule is CCCSc1nc(NCCNC(=O)OC(C)(C)C)c2nnn(Cc3ccc(C#CCNC(=O)C4CCN(CCNC(=O)c5cnc(N=Nc6c(-c7ccccc7)[nH]n(-c7nc(-c8ccccc8)cs7)c6=O)s5)CC4)cc3)c2n1. The van der Waals surface area contributed by atoms with E-state index < -0.39 is 17.3 Å². The zero-order valence-electron chi connectivity index (χ0n) is 43.5. The third-order valence-electron chi connectivity index (χ3n) is 12.0. The van der Waals surface area contributed by atoms with E-state index in [4.69, 9.17) is 14.7 Å². The Morgan fingerprint density at radius 1 is 0.897 bits per heavy atom. The van der Waals surface area contributed by atoms with Gasteiger partial charge in [-0.15, -0.1) is 26.7 Å². The number of anilines is 1. The predicted octanol–water partition coefficient (Wildman–Crippen LogP) is 8.46. The summed E-state index contributed by atoms with van der Waals surface area (Å²) in [7, 11) is 0. The van der Waals surface area contributed by atoms with Crippen LogP contribution in [0, 0.1) is 17.8 Å². The van der Waals surface area contributed by atoms with E-state index in [0.717, 1.165) is 64.5 Å². The summed E-state index contributed by atoms with van der Waals surface area (Å²) in [4.78, 5) is 73.2. The highest BCUT2D eigenvalue weighted by atomic mass is 32.2. The maximum Gasteiger partial charge on any atom is 0.407 e. The molecule has 9 rings (SSSR count). The molecule has 1 aliphatic rings. The molecular weight excluding hydrogens is 1050 g/mol. The summed E-state index contributed by atoms with van der Waals surface area (Å²) < 4.78 is 8.43. The molecule has 1 saturated heterocycles. The summed E-state index contributed by atoms with van der Waals surface area (Å²) in [6.45, 7) is 11.4. The van der Waals surface area contributed by atoms with Crippen LogP contribution in [0.15, 0.2) is 117 Å².